The summed E-state index contributed by atoms with van der Waals surface area (Å²) in [6.07, 6.45) is 4.50. The highest BCUT2D eigenvalue weighted by Gasteiger charge is 2.20. The Morgan fingerprint density at radius 3 is 2.70 bits per heavy atom. The van der Waals surface area contributed by atoms with E-state index in [1.165, 1.54) is 12.8 Å². The lowest BCUT2D eigenvalue weighted by atomic mass is 10.2. The van der Waals surface area contributed by atoms with Gasteiger partial charge in [0.15, 0.2) is 5.96 Å². The van der Waals surface area contributed by atoms with Gasteiger partial charge in [0.2, 0.25) is 0 Å². The molecule has 0 saturated heterocycles. The number of ether oxygens (including phenoxy) is 1. The highest BCUT2D eigenvalue weighted by molar-refractivity contribution is 5.79. The first kappa shape index (κ1) is 14.4. The summed E-state index contributed by atoms with van der Waals surface area (Å²) in [4.78, 5) is 4.59. The average molecular weight is 273 g/mol. The molecule has 0 radical (unpaired) electrons. The van der Waals surface area contributed by atoms with Crippen LogP contribution in [-0.2, 0) is 6.54 Å². The molecular formula is C16H23N3O. The molecule has 0 bridgehead atoms. The van der Waals surface area contributed by atoms with Crippen molar-refractivity contribution in [2.24, 2.45) is 10.9 Å². The summed E-state index contributed by atoms with van der Waals surface area (Å²) in [5.41, 5.74) is 1.16. The van der Waals surface area contributed by atoms with Crippen LogP contribution in [-0.4, -0.2) is 26.2 Å². The number of hydrogen-bond donors (Lipinski definition) is 2. The lowest BCUT2D eigenvalue weighted by molar-refractivity contribution is 0.414. The Hall–Kier alpha value is -1.97. The van der Waals surface area contributed by atoms with Crippen molar-refractivity contribution in [1.29, 1.82) is 0 Å². The fraction of sp³-hybridized carbons (Fsp3) is 0.438. The predicted molar refractivity (Wildman–Crippen MR) is 83.1 cm³/mol. The SMILES string of the molecule is C=CCNC(=NCc1ccc(OC)cc1)NCC1CC1. The van der Waals surface area contributed by atoms with E-state index in [1.54, 1.807) is 7.11 Å². The lowest BCUT2D eigenvalue weighted by Gasteiger charge is -2.11. The van der Waals surface area contributed by atoms with Crippen molar-refractivity contribution in [3.05, 3.63) is 42.5 Å². The summed E-state index contributed by atoms with van der Waals surface area (Å²) in [7, 11) is 1.67. The maximum atomic E-state index is 5.15. The molecule has 20 heavy (non-hydrogen) atoms. The van der Waals surface area contributed by atoms with E-state index in [1.807, 2.05) is 30.3 Å². The summed E-state index contributed by atoms with van der Waals surface area (Å²) in [6, 6.07) is 7.99. The fourth-order valence-electron chi connectivity index (χ4n) is 1.81. The van der Waals surface area contributed by atoms with Crippen molar-refractivity contribution in [2.45, 2.75) is 19.4 Å². The van der Waals surface area contributed by atoms with Crippen LogP contribution < -0.4 is 15.4 Å². The van der Waals surface area contributed by atoms with Gasteiger partial charge in [-0.3, -0.25) is 0 Å². The summed E-state index contributed by atoms with van der Waals surface area (Å²) in [5.74, 6) is 2.55. The summed E-state index contributed by atoms with van der Waals surface area (Å²) >= 11 is 0. The Bertz CT molecular complexity index is 449. The van der Waals surface area contributed by atoms with Gasteiger partial charge in [0.25, 0.3) is 0 Å². The molecule has 1 saturated carbocycles. The van der Waals surface area contributed by atoms with Gasteiger partial charge >= 0.3 is 0 Å². The number of rotatable bonds is 7. The smallest absolute Gasteiger partial charge is 0.191 e. The summed E-state index contributed by atoms with van der Waals surface area (Å²) < 4.78 is 5.15. The molecule has 4 heteroatoms. The number of hydrogen-bond acceptors (Lipinski definition) is 2. The molecule has 0 unspecified atom stereocenters. The second kappa shape index (κ2) is 7.58. The Morgan fingerprint density at radius 2 is 2.10 bits per heavy atom. The lowest BCUT2D eigenvalue weighted by Crippen LogP contribution is -2.38. The fourth-order valence-corrected chi connectivity index (χ4v) is 1.81. The van der Waals surface area contributed by atoms with Crippen LogP contribution in [0.5, 0.6) is 5.75 Å². The molecular weight excluding hydrogens is 250 g/mol. The van der Waals surface area contributed by atoms with Gasteiger partial charge in [0.1, 0.15) is 5.75 Å². The number of benzene rings is 1. The van der Waals surface area contributed by atoms with Crippen molar-refractivity contribution in [2.75, 3.05) is 20.2 Å². The third kappa shape index (κ3) is 4.96. The second-order valence-electron chi connectivity index (χ2n) is 5.01. The first-order valence-corrected chi connectivity index (χ1v) is 7.08. The van der Waals surface area contributed by atoms with Gasteiger partial charge in [0, 0.05) is 13.1 Å². The van der Waals surface area contributed by atoms with Crippen molar-refractivity contribution >= 4 is 5.96 Å². The van der Waals surface area contributed by atoms with Crippen LogP contribution in [0.15, 0.2) is 41.9 Å². The number of nitrogens with zero attached hydrogens (tertiary/aromatic N) is 1. The molecule has 2 rings (SSSR count). The molecule has 0 heterocycles. The normalized spacial score (nSPS) is 14.8. The molecule has 0 amide bonds. The molecule has 1 fully saturated rings. The second-order valence-corrected chi connectivity index (χ2v) is 5.01. The molecule has 2 N–H and O–H groups in total. The maximum Gasteiger partial charge on any atom is 0.191 e. The Morgan fingerprint density at radius 1 is 1.35 bits per heavy atom. The van der Waals surface area contributed by atoms with E-state index in [-0.39, 0.29) is 0 Å². The van der Waals surface area contributed by atoms with E-state index in [9.17, 15) is 0 Å². The van der Waals surface area contributed by atoms with E-state index in [2.05, 4.69) is 22.2 Å². The van der Waals surface area contributed by atoms with Crippen LogP contribution >= 0.6 is 0 Å². The minimum absolute atomic E-state index is 0.654. The van der Waals surface area contributed by atoms with E-state index >= 15 is 0 Å². The molecule has 1 aromatic carbocycles. The van der Waals surface area contributed by atoms with Gasteiger partial charge in [-0.25, -0.2) is 4.99 Å². The van der Waals surface area contributed by atoms with Crippen LogP contribution in [0.1, 0.15) is 18.4 Å². The topological polar surface area (TPSA) is 45.7 Å². The van der Waals surface area contributed by atoms with Gasteiger partial charge in [-0.15, -0.1) is 6.58 Å². The van der Waals surface area contributed by atoms with Crippen LogP contribution in [0, 0.1) is 5.92 Å². The molecule has 4 nitrogen and oxygen atoms in total. The number of guanidine groups is 1. The van der Waals surface area contributed by atoms with E-state index in [4.69, 9.17) is 4.74 Å². The van der Waals surface area contributed by atoms with Gasteiger partial charge < -0.3 is 15.4 Å². The molecule has 0 atom stereocenters. The first-order valence-electron chi connectivity index (χ1n) is 7.08. The maximum absolute atomic E-state index is 5.15. The monoisotopic (exact) mass is 273 g/mol. The van der Waals surface area contributed by atoms with Crippen molar-refractivity contribution < 1.29 is 4.74 Å². The molecule has 0 spiro atoms. The molecule has 1 aliphatic rings. The van der Waals surface area contributed by atoms with E-state index in [0.29, 0.717) is 6.54 Å². The number of aliphatic imine (C=N–C) groups is 1. The van der Waals surface area contributed by atoms with Crippen LogP contribution in [0.3, 0.4) is 0 Å². The zero-order valence-electron chi connectivity index (χ0n) is 12.1. The molecule has 0 aliphatic heterocycles. The van der Waals surface area contributed by atoms with Crippen molar-refractivity contribution in [1.82, 2.24) is 10.6 Å². The van der Waals surface area contributed by atoms with Gasteiger partial charge in [-0.2, -0.15) is 0 Å². The molecule has 1 aliphatic carbocycles. The molecule has 0 aromatic heterocycles. The standard InChI is InChI=1S/C16H23N3O/c1-3-10-17-16(18-11-13-4-5-13)19-12-14-6-8-15(20-2)9-7-14/h3,6-9,13H,1,4-5,10-12H2,2H3,(H2,17,18,19). The highest BCUT2D eigenvalue weighted by atomic mass is 16.5. The molecule has 1 aromatic rings. The Kier molecular flexibility index (Phi) is 5.47. The van der Waals surface area contributed by atoms with Crippen molar-refractivity contribution in [3.8, 4) is 5.75 Å². The van der Waals surface area contributed by atoms with Gasteiger partial charge in [-0.1, -0.05) is 18.2 Å². The number of methoxy groups -OCH3 is 1. The minimum atomic E-state index is 0.654. The summed E-state index contributed by atoms with van der Waals surface area (Å²) in [5, 5.41) is 6.62. The van der Waals surface area contributed by atoms with Gasteiger partial charge in [-0.05, 0) is 36.5 Å². The summed E-state index contributed by atoms with van der Waals surface area (Å²) in [6.45, 7) is 6.10. The van der Waals surface area contributed by atoms with Crippen LogP contribution in [0.2, 0.25) is 0 Å². The van der Waals surface area contributed by atoms with Crippen molar-refractivity contribution in [3.63, 3.8) is 0 Å². The van der Waals surface area contributed by atoms with E-state index < -0.39 is 0 Å². The molecule has 108 valence electrons. The minimum Gasteiger partial charge on any atom is -0.497 e. The third-order valence-electron chi connectivity index (χ3n) is 3.25. The first-order chi connectivity index (χ1) is 9.81. The largest absolute Gasteiger partial charge is 0.497 e. The Labute approximate surface area is 120 Å². The van der Waals surface area contributed by atoms with E-state index in [0.717, 1.165) is 36.3 Å². The van der Waals surface area contributed by atoms with Crippen LogP contribution in [0.4, 0.5) is 0 Å². The zero-order valence-corrected chi connectivity index (χ0v) is 12.1. The van der Waals surface area contributed by atoms with Crippen LogP contribution in [0.25, 0.3) is 0 Å². The predicted octanol–water partition coefficient (Wildman–Crippen LogP) is 2.33. The third-order valence-corrected chi connectivity index (χ3v) is 3.25. The quantitative estimate of drug-likeness (QED) is 0.455. The Balaban J connectivity index is 1.88. The van der Waals surface area contributed by atoms with Gasteiger partial charge in [0.05, 0.1) is 13.7 Å². The highest BCUT2D eigenvalue weighted by Crippen LogP contribution is 2.27. The average Bonchev–Trinajstić information content (AvgIpc) is 3.31. The zero-order chi connectivity index (χ0) is 14.2. The number of nitrogens with one attached hydrogen (secondary N) is 2.